The summed E-state index contributed by atoms with van der Waals surface area (Å²) in [5, 5.41) is 14.4. The molecule has 1 unspecified atom stereocenters. The second-order valence-corrected chi connectivity index (χ2v) is 10.4. The molecule has 7 heteroatoms. The molecular formula is C36H37N3O4. The molecule has 220 valence electrons. The lowest BCUT2D eigenvalue weighted by Crippen LogP contribution is -2.36. The van der Waals surface area contributed by atoms with Crippen molar-refractivity contribution in [2.24, 2.45) is 0 Å². The van der Waals surface area contributed by atoms with Gasteiger partial charge in [-0.15, -0.1) is 0 Å². The second kappa shape index (κ2) is 15.0. The van der Waals surface area contributed by atoms with Gasteiger partial charge in [0.25, 0.3) is 5.91 Å². The van der Waals surface area contributed by atoms with Crippen LogP contribution < -0.4 is 14.8 Å². The molecule has 7 nitrogen and oxygen atoms in total. The SMILES string of the molecule is CCNC(=O)c1cccc2c(Oc3ccc(CCN(Cc4ccccc4)CC(O)COc4ccccc4)cc3)ccnc12. The highest BCUT2D eigenvalue weighted by Gasteiger charge is 2.15. The summed E-state index contributed by atoms with van der Waals surface area (Å²) in [5.74, 6) is 1.94. The summed E-state index contributed by atoms with van der Waals surface area (Å²) in [6.45, 7) is 4.67. The summed E-state index contributed by atoms with van der Waals surface area (Å²) in [6.07, 6.45) is 1.85. The van der Waals surface area contributed by atoms with Crippen LogP contribution in [0, 0.1) is 0 Å². The maximum atomic E-state index is 12.5. The Hall–Kier alpha value is -4.72. The van der Waals surface area contributed by atoms with Gasteiger partial charge in [-0.2, -0.15) is 0 Å². The van der Waals surface area contributed by atoms with E-state index in [4.69, 9.17) is 9.47 Å². The summed E-state index contributed by atoms with van der Waals surface area (Å²) in [7, 11) is 0. The predicted molar refractivity (Wildman–Crippen MR) is 170 cm³/mol. The Bertz CT molecular complexity index is 1590. The number of benzene rings is 4. The molecule has 0 aliphatic rings. The molecule has 2 N–H and O–H groups in total. The Morgan fingerprint density at radius 2 is 1.60 bits per heavy atom. The number of rotatable bonds is 14. The molecule has 1 heterocycles. The highest BCUT2D eigenvalue weighted by molar-refractivity contribution is 6.06. The minimum absolute atomic E-state index is 0.153. The molecule has 0 saturated carbocycles. The van der Waals surface area contributed by atoms with E-state index in [1.165, 1.54) is 11.1 Å². The Kier molecular flexibility index (Phi) is 10.4. The first kappa shape index (κ1) is 29.8. The third-order valence-corrected chi connectivity index (χ3v) is 7.08. The number of amides is 1. The van der Waals surface area contributed by atoms with Crippen LogP contribution in [0.15, 0.2) is 115 Å². The Balaban J connectivity index is 1.22. The van der Waals surface area contributed by atoms with Gasteiger partial charge in [-0.25, -0.2) is 0 Å². The number of aliphatic hydroxyl groups excluding tert-OH is 1. The molecule has 5 rings (SSSR count). The smallest absolute Gasteiger partial charge is 0.253 e. The monoisotopic (exact) mass is 575 g/mol. The number of fused-ring (bicyclic) bond motifs is 1. The third kappa shape index (κ3) is 8.41. The number of hydrogen-bond acceptors (Lipinski definition) is 6. The van der Waals surface area contributed by atoms with Crippen LogP contribution in [0.3, 0.4) is 0 Å². The fraction of sp³-hybridized carbons (Fsp3) is 0.222. The quantitative estimate of drug-likeness (QED) is 0.163. The Labute approximate surface area is 252 Å². The molecule has 0 bridgehead atoms. The van der Waals surface area contributed by atoms with E-state index >= 15 is 0 Å². The zero-order chi connectivity index (χ0) is 29.9. The summed E-state index contributed by atoms with van der Waals surface area (Å²) in [5.41, 5.74) is 3.50. The molecule has 1 atom stereocenters. The van der Waals surface area contributed by atoms with E-state index in [9.17, 15) is 9.90 Å². The van der Waals surface area contributed by atoms with Crippen molar-refractivity contribution in [3.63, 3.8) is 0 Å². The first-order valence-electron chi connectivity index (χ1n) is 14.6. The van der Waals surface area contributed by atoms with Crippen LogP contribution in [-0.4, -0.2) is 53.2 Å². The van der Waals surface area contributed by atoms with Crippen molar-refractivity contribution in [3.05, 3.63) is 132 Å². The first-order valence-corrected chi connectivity index (χ1v) is 14.6. The maximum absolute atomic E-state index is 12.5. The van der Waals surface area contributed by atoms with Crippen LogP contribution in [0.5, 0.6) is 17.2 Å². The van der Waals surface area contributed by atoms with Gasteiger partial charge in [0, 0.05) is 37.8 Å². The lowest BCUT2D eigenvalue weighted by Gasteiger charge is -2.25. The van der Waals surface area contributed by atoms with E-state index in [0.717, 1.165) is 30.6 Å². The molecule has 1 aromatic heterocycles. The van der Waals surface area contributed by atoms with Crippen LogP contribution in [-0.2, 0) is 13.0 Å². The standard InChI is InChI=1S/C36H37N3O4/c1-2-37-36(41)33-15-9-14-32-34(20-22-38-35(32)33)43-31-18-16-27(17-19-31)21-23-39(24-28-10-5-3-6-11-28)25-29(40)26-42-30-12-7-4-8-13-30/h3-20,22,29,40H,2,21,23-26H2,1H3,(H,37,41). The lowest BCUT2D eigenvalue weighted by atomic mass is 10.1. The van der Waals surface area contributed by atoms with Crippen LogP contribution >= 0.6 is 0 Å². The van der Waals surface area contributed by atoms with E-state index in [1.807, 2.05) is 85.8 Å². The summed E-state index contributed by atoms with van der Waals surface area (Å²) < 4.78 is 12.0. The van der Waals surface area contributed by atoms with E-state index in [2.05, 4.69) is 39.5 Å². The van der Waals surface area contributed by atoms with Gasteiger partial charge in [-0.05, 0) is 66.9 Å². The number of hydrogen-bond donors (Lipinski definition) is 2. The average molecular weight is 576 g/mol. The van der Waals surface area contributed by atoms with E-state index in [0.29, 0.717) is 35.7 Å². The Morgan fingerprint density at radius 3 is 2.35 bits per heavy atom. The third-order valence-electron chi connectivity index (χ3n) is 7.08. The highest BCUT2D eigenvalue weighted by atomic mass is 16.5. The van der Waals surface area contributed by atoms with Gasteiger partial charge < -0.3 is 19.9 Å². The molecule has 0 aliphatic heterocycles. The van der Waals surface area contributed by atoms with Gasteiger partial charge in [0.15, 0.2) is 0 Å². The van der Waals surface area contributed by atoms with Crippen LogP contribution in [0.4, 0.5) is 0 Å². The lowest BCUT2D eigenvalue weighted by molar-refractivity contribution is 0.0659. The van der Waals surface area contributed by atoms with Crippen molar-refractivity contribution in [2.45, 2.75) is 26.0 Å². The van der Waals surface area contributed by atoms with Gasteiger partial charge in [-0.3, -0.25) is 14.7 Å². The molecule has 0 spiro atoms. The number of pyridine rings is 1. The molecule has 4 aromatic carbocycles. The zero-order valence-electron chi connectivity index (χ0n) is 24.4. The molecule has 0 aliphatic carbocycles. The van der Waals surface area contributed by atoms with E-state index in [-0.39, 0.29) is 12.5 Å². The van der Waals surface area contributed by atoms with Gasteiger partial charge in [0.1, 0.15) is 30.0 Å². The van der Waals surface area contributed by atoms with Crippen molar-refractivity contribution < 1.29 is 19.4 Å². The number of aliphatic hydroxyl groups is 1. The molecule has 1 amide bonds. The molecule has 0 radical (unpaired) electrons. The van der Waals surface area contributed by atoms with Gasteiger partial charge in [0.05, 0.1) is 11.1 Å². The fourth-order valence-electron chi connectivity index (χ4n) is 4.95. The number of nitrogens with one attached hydrogen (secondary N) is 1. The van der Waals surface area contributed by atoms with Crippen LogP contribution in [0.1, 0.15) is 28.4 Å². The zero-order valence-corrected chi connectivity index (χ0v) is 24.4. The van der Waals surface area contributed by atoms with Crippen LogP contribution in [0.2, 0.25) is 0 Å². The summed E-state index contributed by atoms with van der Waals surface area (Å²) in [4.78, 5) is 19.2. The minimum atomic E-state index is -0.622. The van der Waals surface area contributed by atoms with E-state index in [1.54, 1.807) is 12.3 Å². The Morgan fingerprint density at radius 1 is 0.860 bits per heavy atom. The summed E-state index contributed by atoms with van der Waals surface area (Å²) >= 11 is 0. The number of nitrogens with zero attached hydrogens (tertiary/aromatic N) is 2. The average Bonchev–Trinajstić information content (AvgIpc) is 3.04. The van der Waals surface area contributed by atoms with Crippen molar-refractivity contribution in [1.29, 1.82) is 0 Å². The number of aromatic nitrogens is 1. The second-order valence-electron chi connectivity index (χ2n) is 10.4. The number of ether oxygens (including phenoxy) is 2. The van der Waals surface area contributed by atoms with Crippen molar-refractivity contribution in [1.82, 2.24) is 15.2 Å². The van der Waals surface area contributed by atoms with Crippen molar-refractivity contribution in [3.8, 4) is 17.2 Å². The van der Waals surface area contributed by atoms with Gasteiger partial charge >= 0.3 is 0 Å². The van der Waals surface area contributed by atoms with E-state index < -0.39 is 6.10 Å². The van der Waals surface area contributed by atoms with Gasteiger partial charge in [0.2, 0.25) is 0 Å². The first-order chi connectivity index (χ1) is 21.1. The fourth-order valence-corrected chi connectivity index (χ4v) is 4.95. The largest absolute Gasteiger partial charge is 0.491 e. The normalized spacial score (nSPS) is 11.8. The summed E-state index contributed by atoms with van der Waals surface area (Å²) in [6, 6.07) is 35.2. The van der Waals surface area contributed by atoms with Gasteiger partial charge in [-0.1, -0.05) is 66.7 Å². The molecular weight excluding hydrogens is 538 g/mol. The number of carbonyl (C=O) groups is 1. The minimum Gasteiger partial charge on any atom is -0.491 e. The van der Waals surface area contributed by atoms with Crippen LogP contribution in [0.25, 0.3) is 10.9 Å². The molecule has 5 aromatic rings. The van der Waals surface area contributed by atoms with Crippen molar-refractivity contribution >= 4 is 16.8 Å². The number of carbonyl (C=O) groups excluding carboxylic acids is 1. The molecule has 0 saturated heterocycles. The number of para-hydroxylation sites is 2. The van der Waals surface area contributed by atoms with Crippen molar-refractivity contribution in [2.75, 3.05) is 26.2 Å². The molecule has 43 heavy (non-hydrogen) atoms. The topological polar surface area (TPSA) is 83.9 Å². The highest BCUT2D eigenvalue weighted by Crippen LogP contribution is 2.30. The predicted octanol–water partition coefficient (Wildman–Crippen LogP) is 6.26. The maximum Gasteiger partial charge on any atom is 0.253 e. The molecule has 0 fully saturated rings.